The molecular formula is C18H15BrN2O3S. The third kappa shape index (κ3) is 4.37. The number of halogens is 1. The Labute approximate surface area is 157 Å². The largest absolute Gasteiger partial charge is 0.459 e. The van der Waals surface area contributed by atoms with E-state index in [1.807, 2.05) is 31.2 Å². The number of hydrogen-bond donors (Lipinski definition) is 2. The minimum atomic E-state index is -0.345. The lowest BCUT2D eigenvalue weighted by molar-refractivity contribution is 0.0942. The molecule has 0 saturated carbocycles. The van der Waals surface area contributed by atoms with Crippen LogP contribution in [0, 0.1) is 0 Å². The summed E-state index contributed by atoms with van der Waals surface area (Å²) in [6.45, 7) is 1.92. The summed E-state index contributed by atoms with van der Waals surface area (Å²) < 4.78 is 6.03. The third-order valence-electron chi connectivity index (χ3n) is 3.53. The van der Waals surface area contributed by atoms with Gasteiger partial charge < -0.3 is 15.1 Å². The third-order valence-corrected chi connectivity index (χ3v) is 5.06. The summed E-state index contributed by atoms with van der Waals surface area (Å²) in [5.41, 5.74) is 1.01. The van der Waals surface area contributed by atoms with Crippen molar-refractivity contribution in [3.8, 4) is 0 Å². The van der Waals surface area contributed by atoms with Crippen molar-refractivity contribution in [3.05, 3.63) is 75.5 Å². The number of benzene rings is 1. The highest BCUT2D eigenvalue weighted by molar-refractivity contribution is 9.10. The standard InChI is InChI=1S/C18H15BrN2O3S/c1-11(12-4-6-13(19)7-5-12)20-18(23)15-8-9-16(25-15)21-17(22)14-3-2-10-24-14/h2-11H,1H3,(H,20,23)(H,21,22). The molecule has 0 radical (unpaired) electrons. The van der Waals surface area contributed by atoms with Gasteiger partial charge >= 0.3 is 0 Å². The zero-order chi connectivity index (χ0) is 17.8. The van der Waals surface area contributed by atoms with Crippen LogP contribution < -0.4 is 10.6 Å². The molecule has 0 fully saturated rings. The number of thiophene rings is 1. The van der Waals surface area contributed by atoms with Crippen molar-refractivity contribution in [1.82, 2.24) is 5.32 Å². The van der Waals surface area contributed by atoms with Crippen LogP contribution in [0.2, 0.25) is 0 Å². The topological polar surface area (TPSA) is 71.3 Å². The number of carbonyl (C=O) groups is 2. The van der Waals surface area contributed by atoms with E-state index in [-0.39, 0.29) is 23.6 Å². The molecule has 2 aromatic heterocycles. The molecular weight excluding hydrogens is 404 g/mol. The second-order valence-electron chi connectivity index (χ2n) is 5.34. The highest BCUT2D eigenvalue weighted by Crippen LogP contribution is 2.24. The summed E-state index contributed by atoms with van der Waals surface area (Å²) in [6, 6.07) is 14.3. The van der Waals surface area contributed by atoms with E-state index in [1.165, 1.54) is 17.6 Å². The fourth-order valence-electron chi connectivity index (χ4n) is 2.21. The Balaban J connectivity index is 1.62. The predicted molar refractivity (Wildman–Crippen MR) is 101 cm³/mol. The number of carbonyl (C=O) groups excluding carboxylic acids is 2. The lowest BCUT2D eigenvalue weighted by Gasteiger charge is -2.13. The molecule has 1 aromatic carbocycles. The molecule has 1 atom stereocenters. The van der Waals surface area contributed by atoms with Crippen molar-refractivity contribution in [2.75, 3.05) is 5.32 Å². The summed E-state index contributed by atoms with van der Waals surface area (Å²) in [7, 11) is 0. The van der Waals surface area contributed by atoms with Crippen molar-refractivity contribution in [2.45, 2.75) is 13.0 Å². The average Bonchev–Trinajstić information content (AvgIpc) is 3.27. The van der Waals surface area contributed by atoms with Gasteiger partial charge in [0.25, 0.3) is 11.8 Å². The van der Waals surface area contributed by atoms with Crippen molar-refractivity contribution >= 4 is 44.1 Å². The molecule has 0 aliphatic rings. The maximum absolute atomic E-state index is 12.4. The minimum Gasteiger partial charge on any atom is -0.459 e. The Bertz CT molecular complexity index is 872. The average molecular weight is 419 g/mol. The Hall–Kier alpha value is -2.38. The van der Waals surface area contributed by atoms with Gasteiger partial charge in [0, 0.05) is 4.47 Å². The Kier molecular flexibility index (Phi) is 5.35. The normalized spacial score (nSPS) is 11.8. The Morgan fingerprint density at radius 2 is 1.84 bits per heavy atom. The lowest BCUT2D eigenvalue weighted by Crippen LogP contribution is -2.25. The van der Waals surface area contributed by atoms with Gasteiger partial charge in [-0.3, -0.25) is 9.59 Å². The van der Waals surface area contributed by atoms with E-state index in [4.69, 9.17) is 4.42 Å². The predicted octanol–water partition coefficient (Wildman–Crippen LogP) is 4.85. The van der Waals surface area contributed by atoms with Crippen LogP contribution in [-0.4, -0.2) is 11.8 Å². The van der Waals surface area contributed by atoms with Crippen molar-refractivity contribution in [1.29, 1.82) is 0 Å². The Morgan fingerprint density at radius 3 is 2.52 bits per heavy atom. The summed E-state index contributed by atoms with van der Waals surface area (Å²) >= 11 is 4.60. The monoisotopic (exact) mass is 418 g/mol. The van der Waals surface area contributed by atoms with Crippen LogP contribution in [0.5, 0.6) is 0 Å². The second-order valence-corrected chi connectivity index (χ2v) is 7.34. The molecule has 7 heteroatoms. The summed E-state index contributed by atoms with van der Waals surface area (Å²) in [5, 5.41) is 6.25. The SMILES string of the molecule is CC(NC(=O)c1ccc(NC(=O)c2ccco2)s1)c1ccc(Br)cc1. The number of furan rings is 1. The molecule has 5 nitrogen and oxygen atoms in total. The summed E-state index contributed by atoms with van der Waals surface area (Å²) in [6.07, 6.45) is 1.44. The van der Waals surface area contributed by atoms with Gasteiger partial charge in [-0.05, 0) is 48.9 Å². The van der Waals surface area contributed by atoms with Crippen molar-refractivity contribution < 1.29 is 14.0 Å². The molecule has 1 unspecified atom stereocenters. The van der Waals surface area contributed by atoms with Gasteiger partial charge in [-0.2, -0.15) is 0 Å². The first kappa shape index (κ1) is 17.4. The van der Waals surface area contributed by atoms with Crippen LogP contribution in [0.1, 0.15) is 38.8 Å². The molecule has 0 bridgehead atoms. The molecule has 0 aliphatic heterocycles. The fourth-order valence-corrected chi connectivity index (χ4v) is 3.28. The molecule has 25 heavy (non-hydrogen) atoms. The van der Waals surface area contributed by atoms with E-state index in [1.54, 1.807) is 24.3 Å². The smallest absolute Gasteiger partial charge is 0.291 e. The molecule has 3 rings (SSSR count). The van der Waals surface area contributed by atoms with E-state index in [0.717, 1.165) is 10.0 Å². The van der Waals surface area contributed by atoms with Gasteiger partial charge in [0.05, 0.1) is 22.2 Å². The van der Waals surface area contributed by atoms with Gasteiger partial charge in [-0.15, -0.1) is 11.3 Å². The van der Waals surface area contributed by atoms with Crippen LogP contribution in [0.15, 0.2) is 63.7 Å². The van der Waals surface area contributed by atoms with Crippen LogP contribution in [-0.2, 0) is 0 Å². The van der Waals surface area contributed by atoms with Gasteiger partial charge in [0.15, 0.2) is 5.76 Å². The zero-order valence-electron chi connectivity index (χ0n) is 13.3. The van der Waals surface area contributed by atoms with E-state index in [2.05, 4.69) is 26.6 Å². The molecule has 0 saturated heterocycles. The molecule has 3 aromatic rings. The van der Waals surface area contributed by atoms with Gasteiger partial charge in [0.2, 0.25) is 0 Å². The van der Waals surface area contributed by atoms with Gasteiger partial charge in [-0.25, -0.2) is 0 Å². The molecule has 2 heterocycles. The zero-order valence-corrected chi connectivity index (χ0v) is 15.7. The summed E-state index contributed by atoms with van der Waals surface area (Å²) in [4.78, 5) is 24.9. The van der Waals surface area contributed by atoms with Crippen molar-refractivity contribution in [2.24, 2.45) is 0 Å². The number of rotatable bonds is 5. The number of anilines is 1. The maximum atomic E-state index is 12.4. The van der Waals surface area contributed by atoms with Crippen molar-refractivity contribution in [3.63, 3.8) is 0 Å². The maximum Gasteiger partial charge on any atom is 0.291 e. The summed E-state index contributed by atoms with van der Waals surface area (Å²) in [5.74, 6) is -0.302. The van der Waals surface area contributed by atoms with Gasteiger partial charge in [0.1, 0.15) is 0 Å². The van der Waals surface area contributed by atoms with Crippen LogP contribution in [0.3, 0.4) is 0 Å². The molecule has 0 aliphatic carbocycles. The van der Waals surface area contributed by atoms with E-state index in [9.17, 15) is 9.59 Å². The molecule has 0 spiro atoms. The highest BCUT2D eigenvalue weighted by Gasteiger charge is 2.15. The quantitative estimate of drug-likeness (QED) is 0.621. The van der Waals surface area contributed by atoms with Crippen LogP contribution in [0.25, 0.3) is 0 Å². The van der Waals surface area contributed by atoms with Crippen LogP contribution >= 0.6 is 27.3 Å². The fraction of sp³-hybridized carbons (Fsp3) is 0.111. The first-order chi connectivity index (χ1) is 12.0. The molecule has 2 amide bonds. The minimum absolute atomic E-state index is 0.121. The van der Waals surface area contributed by atoms with Crippen LogP contribution in [0.4, 0.5) is 5.00 Å². The Morgan fingerprint density at radius 1 is 1.08 bits per heavy atom. The molecule has 2 N–H and O–H groups in total. The molecule has 128 valence electrons. The number of nitrogens with one attached hydrogen (secondary N) is 2. The first-order valence-electron chi connectivity index (χ1n) is 7.54. The second kappa shape index (κ2) is 7.67. The van der Waals surface area contributed by atoms with E-state index in [0.29, 0.717) is 9.88 Å². The highest BCUT2D eigenvalue weighted by atomic mass is 79.9. The first-order valence-corrected chi connectivity index (χ1v) is 9.15. The van der Waals surface area contributed by atoms with E-state index >= 15 is 0 Å². The number of hydrogen-bond acceptors (Lipinski definition) is 4. The lowest BCUT2D eigenvalue weighted by atomic mass is 10.1. The van der Waals surface area contributed by atoms with E-state index < -0.39 is 0 Å². The van der Waals surface area contributed by atoms with Gasteiger partial charge in [-0.1, -0.05) is 28.1 Å². The number of amides is 2.